The summed E-state index contributed by atoms with van der Waals surface area (Å²) in [4.78, 5) is 2.94. The van der Waals surface area contributed by atoms with Crippen LogP contribution in [-0.4, -0.2) is 0 Å². The van der Waals surface area contributed by atoms with Gasteiger partial charge in [0, 0.05) is 27.4 Å². The van der Waals surface area contributed by atoms with Crippen molar-refractivity contribution in [1.82, 2.24) is 5.32 Å². The molecule has 0 spiro atoms. The second kappa shape index (κ2) is 6.29. The Labute approximate surface area is 130 Å². The summed E-state index contributed by atoms with van der Waals surface area (Å²) < 4.78 is 13.8. The van der Waals surface area contributed by atoms with Crippen molar-refractivity contribution < 1.29 is 4.39 Å². The van der Waals surface area contributed by atoms with Crippen molar-refractivity contribution in [2.75, 3.05) is 0 Å². The lowest BCUT2D eigenvalue weighted by atomic mass is 9.99. The number of fused-ring (bicyclic) bond motifs is 1. The summed E-state index contributed by atoms with van der Waals surface area (Å²) in [5.41, 5.74) is 2.28. The van der Waals surface area contributed by atoms with Crippen molar-refractivity contribution >= 4 is 11.3 Å². The third-order valence-electron chi connectivity index (χ3n) is 4.31. The zero-order chi connectivity index (χ0) is 14.8. The SMILES string of the molecule is CC(NC(C)c1ccccc1F)c1cc2c(s1)CCCC2. The first-order chi connectivity index (χ1) is 10.1. The first kappa shape index (κ1) is 14.7. The van der Waals surface area contributed by atoms with Crippen LogP contribution in [0.1, 0.15) is 59.7 Å². The molecule has 2 aromatic rings. The number of thiophene rings is 1. The molecule has 1 aromatic carbocycles. The Bertz CT molecular complexity index is 596. The molecule has 0 amide bonds. The molecular weight excluding hydrogens is 281 g/mol. The van der Waals surface area contributed by atoms with Crippen LogP contribution in [0.4, 0.5) is 4.39 Å². The first-order valence-corrected chi connectivity index (χ1v) is 8.58. The zero-order valence-corrected chi connectivity index (χ0v) is 13.5. The van der Waals surface area contributed by atoms with E-state index in [0.29, 0.717) is 0 Å². The monoisotopic (exact) mass is 303 g/mol. The molecule has 1 heterocycles. The summed E-state index contributed by atoms with van der Waals surface area (Å²) in [6.07, 6.45) is 5.09. The Morgan fingerprint density at radius 2 is 1.86 bits per heavy atom. The molecule has 1 N–H and O–H groups in total. The van der Waals surface area contributed by atoms with E-state index in [1.54, 1.807) is 10.9 Å². The lowest BCUT2D eigenvalue weighted by Crippen LogP contribution is -2.22. The molecule has 21 heavy (non-hydrogen) atoms. The van der Waals surface area contributed by atoms with Gasteiger partial charge in [-0.05, 0) is 57.2 Å². The number of hydrogen-bond acceptors (Lipinski definition) is 2. The van der Waals surface area contributed by atoms with Crippen LogP contribution in [0.25, 0.3) is 0 Å². The number of rotatable bonds is 4. The van der Waals surface area contributed by atoms with E-state index in [0.717, 1.165) is 5.56 Å². The van der Waals surface area contributed by atoms with Crippen molar-refractivity contribution in [3.63, 3.8) is 0 Å². The van der Waals surface area contributed by atoms with Crippen molar-refractivity contribution in [3.8, 4) is 0 Å². The van der Waals surface area contributed by atoms with Gasteiger partial charge in [0.1, 0.15) is 5.82 Å². The third-order valence-corrected chi connectivity index (χ3v) is 5.73. The molecule has 1 aliphatic carbocycles. The van der Waals surface area contributed by atoms with Gasteiger partial charge in [-0.15, -0.1) is 11.3 Å². The van der Waals surface area contributed by atoms with Gasteiger partial charge in [-0.25, -0.2) is 4.39 Å². The number of aryl methyl sites for hydroxylation is 2. The molecule has 0 saturated heterocycles. The number of halogens is 1. The molecule has 1 nitrogen and oxygen atoms in total. The van der Waals surface area contributed by atoms with E-state index in [1.165, 1.54) is 42.2 Å². The fourth-order valence-electron chi connectivity index (χ4n) is 3.10. The van der Waals surface area contributed by atoms with Crippen LogP contribution in [0, 0.1) is 5.82 Å². The van der Waals surface area contributed by atoms with Gasteiger partial charge in [0.25, 0.3) is 0 Å². The summed E-state index contributed by atoms with van der Waals surface area (Å²) in [7, 11) is 0. The Balaban J connectivity index is 1.72. The Kier molecular flexibility index (Phi) is 4.41. The van der Waals surface area contributed by atoms with E-state index in [9.17, 15) is 4.39 Å². The van der Waals surface area contributed by atoms with Crippen molar-refractivity contribution in [2.45, 2.75) is 51.6 Å². The van der Waals surface area contributed by atoms with E-state index in [-0.39, 0.29) is 17.9 Å². The van der Waals surface area contributed by atoms with Crippen molar-refractivity contribution in [2.24, 2.45) is 0 Å². The topological polar surface area (TPSA) is 12.0 Å². The van der Waals surface area contributed by atoms with Gasteiger partial charge in [-0.2, -0.15) is 0 Å². The van der Waals surface area contributed by atoms with Crippen molar-refractivity contribution in [1.29, 1.82) is 0 Å². The maximum atomic E-state index is 13.8. The maximum Gasteiger partial charge on any atom is 0.127 e. The number of benzene rings is 1. The quantitative estimate of drug-likeness (QED) is 0.821. The zero-order valence-electron chi connectivity index (χ0n) is 12.7. The molecule has 2 atom stereocenters. The molecule has 0 bridgehead atoms. The Morgan fingerprint density at radius 3 is 2.62 bits per heavy atom. The van der Waals surface area contributed by atoms with Crippen LogP contribution in [0.2, 0.25) is 0 Å². The second-order valence-corrected chi connectivity index (χ2v) is 7.10. The Morgan fingerprint density at radius 1 is 1.10 bits per heavy atom. The highest BCUT2D eigenvalue weighted by Gasteiger charge is 2.19. The molecule has 2 unspecified atom stereocenters. The molecule has 0 saturated carbocycles. The van der Waals surface area contributed by atoms with E-state index in [1.807, 2.05) is 30.4 Å². The molecule has 0 radical (unpaired) electrons. The minimum Gasteiger partial charge on any atom is -0.303 e. The van der Waals surface area contributed by atoms with Crippen LogP contribution in [-0.2, 0) is 12.8 Å². The molecule has 3 heteroatoms. The van der Waals surface area contributed by atoms with Crippen LogP contribution < -0.4 is 5.32 Å². The minimum atomic E-state index is -0.129. The highest BCUT2D eigenvalue weighted by atomic mass is 32.1. The Hall–Kier alpha value is -1.19. The molecule has 1 aromatic heterocycles. The fraction of sp³-hybridized carbons (Fsp3) is 0.444. The predicted molar refractivity (Wildman–Crippen MR) is 87.3 cm³/mol. The molecule has 112 valence electrons. The summed E-state index contributed by atoms with van der Waals surface area (Å²) in [5, 5.41) is 3.53. The predicted octanol–water partition coefficient (Wildman–Crippen LogP) is 5.18. The minimum absolute atomic E-state index is 0.0142. The number of hydrogen-bond donors (Lipinski definition) is 1. The molecular formula is C18H22FNS. The van der Waals surface area contributed by atoms with Gasteiger partial charge in [0.05, 0.1) is 0 Å². The van der Waals surface area contributed by atoms with E-state index >= 15 is 0 Å². The third kappa shape index (κ3) is 3.19. The van der Waals surface area contributed by atoms with Crippen LogP contribution in [0.3, 0.4) is 0 Å². The van der Waals surface area contributed by atoms with E-state index in [2.05, 4.69) is 18.3 Å². The van der Waals surface area contributed by atoms with Gasteiger partial charge in [0.2, 0.25) is 0 Å². The highest BCUT2D eigenvalue weighted by molar-refractivity contribution is 7.12. The van der Waals surface area contributed by atoms with Crippen molar-refractivity contribution in [3.05, 3.63) is 57.0 Å². The lowest BCUT2D eigenvalue weighted by molar-refractivity contribution is 0.478. The summed E-state index contributed by atoms with van der Waals surface area (Å²) in [6.45, 7) is 4.21. The smallest absolute Gasteiger partial charge is 0.127 e. The first-order valence-electron chi connectivity index (χ1n) is 7.77. The summed E-state index contributed by atoms with van der Waals surface area (Å²) in [5.74, 6) is -0.129. The van der Waals surface area contributed by atoms with E-state index in [4.69, 9.17) is 0 Å². The average Bonchev–Trinajstić information content (AvgIpc) is 2.91. The molecule has 0 aliphatic heterocycles. The number of nitrogens with one attached hydrogen (secondary N) is 1. The lowest BCUT2D eigenvalue weighted by Gasteiger charge is -2.20. The van der Waals surface area contributed by atoms with Crippen LogP contribution in [0.15, 0.2) is 30.3 Å². The van der Waals surface area contributed by atoms with E-state index < -0.39 is 0 Å². The van der Waals surface area contributed by atoms with Gasteiger partial charge >= 0.3 is 0 Å². The van der Waals surface area contributed by atoms with Crippen LogP contribution >= 0.6 is 11.3 Å². The van der Waals surface area contributed by atoms with Gasteiger partial charge in [-0.1, -0.05) is 18.2 Å². The molecule has 3 rings (SSSR count). The molecule has 0 fully saturated rings. The summed E-state index contributed by atoms with van der Waals surface area (Å²) >= 11 is 1.93. The normalized spacial score (nSPS) is 17.3. The largest absolute Gasteiger partial charge is 0.303 e. The van der Waals surface area contributed by atoms with Gasteiger partial charge in [0.15, 0.2) is 0 Å². The summed E-state index contributed by atoms with van der Waals surface area (Å²) in [6, 6.07) is 9.65. The molecule has 1 aliphatic rings. The van der Waals surface area contributed by atoms with Crippen LogP contribution in [0.5, 0.6) is 0 Å². The maximum absolute atomic E-state index is 13.8. The standard InChI is InChI=1S/C18H22FNS/c1-12(15-8-4-5-9-16(15)19)20-13(2)18-11-14-7-3-6-10-17(14)21-18/h4-5,8-9,11-13,20H,3,6-7,10H2,1-2H3. The van der Waals surface area contributed by atoms with Gasteiger partial charge < -0.3 is 5.32 Å². The van der Waals surface area contributed by atoms with Gasteiger partial charge in [-0.3, -0.25) is 0 Å². The fourth-order valence-corrected chi connectivity index (χ4v) is 4.37. The second-order valence-electron chi connectivity index (χ2n) is 5.94. The highest BCUT2D eigenvalue weighted by Crippen LogP contribution is 2.33. The average molecular weight is 303 g/mol.